The molecule has 0 N–H and O–H groups in total. The molecule has 0 bridgehead atoms. The van der Waals surface area contributed by atoms with Crippen LogP contribution in [-0.4, -0.2) is 12.1 Å². The smallest absolute Gasteiger partial charge is 0.390 e. The lowest BCUT2D eigenvalue weighted by Gasteiger charge is -2.30. The third kappa shape index (κ3) is 3.11. The second kappa shape index (κ2) is 3.33. The Kier molecular flexibility index (Phi) is 3.12. The zero-order valence-electron chi connectivity index (χ0n) is 6.86. The molecule has 0 aromatic heterocycles. The molecule has 0 rings (SSSR count). The number of carbonyl (C=O) groups excluding carboxylic acids is 1. The van der Waals surface area contributed by atoms with Crippen molar-refractivity contribution in [3.05, 3.63) is 0 Å². The van der Waals surface area contributed by atoms with E-state index in [1.807, 2.05) is 0 Å². The molecule has 2 nitrogen and oxygen atoms in total. The van der Waals surface area contributed by atoms with E-state index in [0.717, 1.165) is 6.92 Å². The van der Waals surface area contributed by atoms with Crippen molar-refractivity contribution in [2.45, 2.75) is 32.9 Å². The number of carboxylic acids is 1. The van der Waals surface area contributed by atoms with E-state index in [0.29, 0.717) is 0 Å². The van der Waals surface area contributed by atoms with Crippen molar-refractivity contribution in [1.29, 1.82) is 0 Å². The molecule has 0 aromatic rings. The summed E-state index contributed by atoms with van der Waals surface area (Å²) in [5.41, 5.74) is -1.79. The van der Waals surface area contributed by atoms with Gasteiger partial charge >= 0.3 is 6.18 Å². The highest BCUT2D eigenvalue weighted by molar-refractivity contribution is 5.71. The molecule has 0 amide bonds. The number of carbonyl (C=O) groups is 1. The van der Waals surface area contributed by atoms with Crippen molar-refractivity contribution in [1.82, 2.24) is 0 Å². The average Bonchev–Trinajstić information content (AvgIpc) is 1.83. The summed E-state index contributed by atoms with van der Waals surface area (Å²) in [6, 6.07) is 0. The Hall–Kier alpha value is -0.740. The number of aliphatic carboxylic acids is 1. The molecule has 0 spiro atoms. The molecule has 0 saturated carbocycles. The van der Waals surface area contributed by atoms with Crippen molar-refractivity contribution in [3.8, 4) is 0 Å². The van der Waals surface area contributed by atoms with E-state index in [-0.39, 0.29) is 6.42 Å². The standard InChI is InChI=1S/C7H11F3O2/c1-3-6(2,5(11)12)4-7(8,9)10/h3-4H2,1-2H3,(H,11,12)/p-1. The van der Waals surface area contributed by atoms with Gasteiger partial charge in [0.1, 0.15) is 0 Å². The summed E-state index contributed by atoms with van der Waals surface area (Å²) in [7, 11) is 0. The molecular formula is C7H10F3O2-. The molecule has 0 aliphatic carbocycles. The largest absolute Gasteiger partial charge is 0.550 e. The maximum absolute atomic E-state index is 11.8. The minimum Gasteiger partial charge on any atom is -0.550 e. The van der Waals surface area contributed by atoms with E-state index in [2.05, 4.69) is 0 Å². The van der Waals surface area contributed by atoms with E-state index in [4.69, 9.17) is 0 Å². The second-order valence-corrected chi connectivity index (χ2v) is 2.99. The second-order valence-electron chi connectivity index (χ2n) is 2.99. The highest BCUT2D eigenvalue weighted by atomic mass is 19.4. The van der Waals surface area contributed by atoms with Crippen molar-refractivity contribution in [2.75, 3.05) is 0 Å². The van der Waals surface area contributed by atoms with Gasteiger partial charge in [-0.2, -0.15) is 13.2 Å². The van der Waals surface area contributed by atoms with Gasteiger partial charge in [-0.05, 0) is 6.42 Å². The van der Waals surface area contributed by atoms with Gasteiger partial charge in [-0.3, -0.25) is 0 Å². The van der Waals surface area contributed by atoms with Crippen LogP contribution in [0.1, 0.15) is 26.7 Å². The topological polar surface area (TPSA) is 40.1 Å². The third-order valence-electron chi connectivity index (χ3n) is 1.86. The first-order valence-corrected chi connectivity index (χ1v) is 3.49. The van der Waals surface area contributed by atoms with Crippen LogP contribution in [0.3, 0.4) is 0 Å². The Balaban J connectivity index is 4.46. The molecule has 12 heavy (non-hydrogen) atoms. The number of hydrogen-bond donors (Lipinski definition) is 0. The molecule has 0 heterocycles. The van der Waals surface area contributed by atoms with Gasteiger partial charge in [-0.1, -0.05) is 13.8 Å². The van der Waals surface area contributed by atoms with E-state index < -0.39 is 24.0 Å². The van der Waals surface area contributed by atoms with Crippen molar-refractivity contribution in [3.63, 3.8) is 0 Å². The molecule has 0 aliphatic heterocycles. The van der Waals surface area contributed by atoms with Crippen LogP contribution < -0.4 is 5.11 Å². The Labute approximate surface area is 68.4 Å². The maximum atomic E-state index is 11.8. The maximum Gasteiger partial charge on any atom is 0.390 e. The first kappa shape index (κ1) is 11.3. The Morgan fingerprint density at radius 3 is 1.92 bits per heavy atom. The third-order valence-corrected chi connectivity index (χ3v) is 1.86. The Bertz CT molecular complexity index is 176. The summed E-state index contributed by atoms with van der Waals surface area (Å²) in [6.45, 7) is 2.43. The summed E-state index contributed by atoms with van der Waals surface area (Å²) < 4.78 is 35.4. The lowest BCUT2D eigenvalue weighted by atomic mass is 9.84. The molecule has 72 valence electrons. The van der Waals surface area contributed by atoms with Crippen molar-refractivity contribution < 1.29 is 23.1 Å². The zero-order valence-corrected chi connectivity index (χ0v) is 6.86. The molecule has 5 heteroatoms. The normalized spacial score (nSPS) is 17.1. The predicted molar refractivity (Wildman–Crippen MR) is 34.1 cm³/mol. The van der Waals surface area contributed by atoms with Crippen LogP contribution in [-0.2, 0) is 4.79 Å². The minimum absolute atomic E-state index is 0.0884. The molecule has 1 unspecified atom stereocenters. The summed E-state index contributed by atoms with van der Waals surface area (Å²) >= 11 is 0. The van der Waals surface area contributed by atoms with Gasteiger partial charge in [-0.15, -0.1) is 0 Å². The van der Waals surface area contributed by atoms with Crippen LogP contribution in [0.15, 0.2) is 0 Å². The summed E-state index contributed by atoms with van der Waals surface area (Å²) in [6.07, 6.45) is -5.88. The van der Waals surface area contributed by atoms with Crippen LogP contribution in [0.25, 0.3) is 0 Å². The lowest BCUT2D eigenvalue weighted by Crippen LogP contribution is -2.42. The van der Waals surface area contributed by atoms with E-state index >= 15 is 0 Å². The van der Waals surface area contributed by atoms with Crippen LogP contribution >= 0.6 is 0 Å². The quantitative estimate of drug-likeness (QED) is 0.657. The fourth-order valence-electron chi connectivity index (χ4n) is 0.784. The summed E-state index contributed by atoms with van der Waals surface area (Å²) in [5, 5.41) is 10.3. The molecule has 0 aromatic carbocycles. The van der Waals surface area contributed by atoms with Crippen molar-refractivity contribution >= 4 is 5.97 Å². The average molecular weight is 183 g/mol. The lowest BCUT2D eigenvalue weighted by molar-refractivity contribution is -0.323. The SMILES string of the molecule is CCC(C)(CC(F)(F)F)C(=O)[O-]. The van der Waals surface area contributed by atoms with Gasteiger partial charge in [0.05, 0.1) is 6.42 Å². The fourth-order valence-corrected chi connectivity index (χ4v) is 0.784. The zero-order chi connectivity index (χ0) is 9.99. The van der Waals surface area contributed by atoms with E-state index in [1.165, 1.54) is 6.92 Å². The van der Waals surface area contributed by atoms with E-state index in [1.54, 1.807) is 0 Å². The number of hydrogen-bond acceptors (Lipinski definition) is 2. The van der Waals surface area contributed by atoms with Gasteiger partial charge in [0.15, 0.2) is 0 Å². The van der Waals surface area contributed by atoms with Gasteiger partial charge < -0.3 is 9.90 Å². The van der Waals surface area contributed by atoms with Crippen molar-refractivity contribution in [2.24, 2.45) is 5.41 Å². The van der Waals surface area contributed by atoms with Gasteiger partial charge in [-0.25, -0.2) is 0 Å². The Morgan fingerprint density at radius 1 is 1.42 bits per heavy atom. The van der Waals surface area contributed by atoms with E-state index in [9.17, 15) is 23.1 Å². The highest BCUT2D eigenvalue weighted by Crippen LogP contribution is 2.35. The minimum atomic E-state index is -4.45. The number of alkyl halides is 3. The first-order valence-electron chi connectivity index (χ1n) is 3.49. The number of carboxylic acid groups (broad SMARTS) is 1. The molecule has 0 radical (unpaired) electrons. The van der Waals surface area contributed by atoms with Gasteiger partial charge in [0, 0.05) is 11.4 Å². The fraction of sp³-hybridized carbons (Fsp3) is 0.857. The van der Waals surface area contributed by atoms with Crippen LogP contribution in [0.2, 0.25) is 0 Å². The molecular weight excluding hydrogens is 173 g/mol. The van der Waals surface area contributed by atoms with Crippen LogP contribution in [0.4, 0.5) is 13.2 Å². The highest BCUT2D eigenvalue weighted by Gasteiger charge is 2.39. The van der Waals surface area contributed by atoms with Gasteiger partial charge in [0.25, 0.3) is 0 Å². The first-order chi connectivity index (χ1) is 5.21. The van der Waals surface area contributed by atoms with Crippen LogP contribution in [0.5, 0.6) is 0 Å². The summed E-state index contributed by atoms with van der Waals surface area (Å²) in [4.78, 5) is 10.3. The predicted octanol–water partition coefficient (Wildman–Crippen LogP) is 1.10. The summed E-state index contributed by atoms with van der Waals surface area (Å²) in [5.74, 6) is -1.65. The Morgan fingerprint density at radius 2 is 1.83 bits per heavy atom. The van der Waals surface area contributed by atoms with Crippen LogP contribution in [0, 0.1) is 5.41 Å². The van der Waals surface area contributed by atoms with Gasteiger partial charge in [0.2, 0.25) is 0 Å². The molecule has 0 saturated heterocycles. The molecule has 0 fully saturated rings. The molecule has 0 aliphatic rings. The molecule has 1 atom stereocenters. The number of halogens is 3. The number of rotatable bonds is 3. The monoisotopic (exact) mass is 183 g/mol.